The molecule has 0 amide bonds. The van der Waals surface area contributed by atoms with Crippen LogP contribution in [0.15, 0.2) is 24.3 Å². The quantitative estimate of drug-likeness (QED) is 0.633. The van der Waals surface area contributed by atoms with E-state index < -0.39 is 0 Å². The summed E-state index contributed by atoms with van der Waals surface area (Å²) in [6.45, 7) is 0. The summed E-state index contributed by atoms with van der Waals surface area (Å²) < 4.78 is 12.8. The van der Waals surface area contributed by atoms with Crippen molar-refractivity contribution in [2.45, 2.75) is 31.6 Å². The molecule has 2 bridgehead atoms. The minimum atomic E-state index is -0.114. The third-order valence-electron chi connectivity index (χ3n) is 4.04. The maximum Gasteiger partial charge on any atom is 0.123 e. The molecule has 74 valence electrons. The van der Waals surface area contributed by atoms with Crippen LogP contribution in [0.1, 0.15) is 37.2 Å². The van der Waals surface area contributed by atoms with Crippen LogP contribution in [0.5, 0.6) is 0 Å². The SMILES string of the molecule is Fc1ccc(C2CC3CCC2C3)cc1. The Morgan fingerprint density at radius 1 is 1.00 bits per heavy atom. The fraction of sp³-hybridized carbons (Fsp3) is 0.538. The summed E-state index contributed by atoms with van der Waals surface area (Å²) in [6.07, 6.45) is 5.59. The molecular weight excluding hydrogens is 175 g/mol. The highest BCUT2D eigenvalue weighted by Gasteiger charge is 2.39. The van der Waals surface area contributed by atoms with Crippen molar-refractivity contribution in [1.29, 1.82) is 0 Å². The molecule has 3 unspecified atom stereocenters. The van der Waals surface area contributed by atoms with Gasteiger partial charge in [-0.1, -0.05) is 18.6 Å². The van der Waals surface area contributed by atoms with Gasteiger partial charge in [0.2, 0.25) is 0 Å². The Bertz CT molecular complexity index is 328. The Hall–Kier alpha value is -0.850. The van der Waals surface area contributed by atoms with E-state index in [2.05, 4.69) is 0 Å². The van der Waals surface area contributed by atoms with Crippen molar-refractivity contribution in [3.05, 3.63) is 35.6 Å². The first kappa shape index (κ1) is 8.46. The molecule has 0 heterocycles. The monoisotopic (exact) mass is 190 g/mol. The van der Waals surface area contributed by atoms with Gasteiger partial charge in [0.05, 0.1) is 0 Å². The number of hydrogen-bond acceptors (Lipinski definition) is 0. The first-order valence-corrected chi connectivity index (χ1v) is 5.58. The third kappa shape index (κ3) is 1.26. The van der Waals surface area contributed by atoms with E-state index in [1.54, 1.807) is 12.1 Å². The van der Waals surface area contributed by atoms with Crippen molar-refractivity contribution >= 4 is 0 Å². The van der Waals surface area contributed by atoms with E-state index >= 15 is 0 Å². The molecule has 0 aromatic heterocycles. The molecule has 3 rings (SSSR count). The van der Waals surface area contributed by atoms with Crippen LogP contribution in [-0.4, -0.2) is 0 Å². The van der Waals surface area contributed by atoms with E-state index in [-0.39, 0.29) is 5.82 Å². The van der Waals surface area contributed by atoms with Gasteiger partial charge in [-0.05, 0) is 54.7 Å². The van der Waals surface area contributed by atoms with Crippen molar-refractivity contribution in [2.75, 3.05) is 0 Å². The van der Waals surface area contributed by atoms with Crippen molar-refractivity contribution < 1.29 is 4.39 Å². The molecule has 0 saturated heterocycles. The smallest absolute Gasteiger partial charge is 0.123 e. The lowest BCUT2D eigenvalue weighted by atomic mass is 9.83. The molecule has 1 aromatic carbocycles. The van der Waals surface area contributed by atoms with Crippen LogP contribution in [0.4, 0.5) is 4.39 Å². The van der Waals surface area contributed by atoms with Crippen molar-refractivity contribution in [3.8, 4) is 0 Å². The van der Waals surface area contributed by atoms with Gasteiger partial charge in [-0.3, -0.25) is 0 Å². The van der Waals surface area contributed by atoms with Crippen LogP contribution in [-0.2, 0) is 0 Å². The molecule has 0 radical (unpaired) electrons. The topological polar surface area (TPSA) is 0 Å². The molecule has 2 fully saturated rings. The van der Waals surface area contributed by atoms with Gasteiger partial charge in [0.1, 0.15) is 5.82 Å². The molecule has 2 aliphatic carbocycles. The van der Waals surface area contributed by atoms with Gasteiger partial charge in [-0.25, -0.2) is 4.39 Å². The summed E-state index contributed by atoms with van der Waals surface area (Å²) in [6, 6.07) is 7.14. The lowest BCUT2D eigenvalue weighted by Crippen LogP contribution is -2.08. The Morgan fingerprint density at radius 3 is 2.36 bits per heavy atom. The maximum absolute atomic E-state index is 12.8. The van der Waals surface area contributed by atoms with Gasteiger partial charge in [-0.15, -0.1) is 0 Å². The minimum absolute atomic E-state index is 0.114. The highest BCUT2D eigenvalue weighted by Crippen LogP contribution is 2.52. The van der Waals surface area contributed by atoms with Crippen LogP contribution in [0.3, 0.4) is 0 Å². The summed E-state index contributed by atoms with van der Waals surface area (Å²) in [4.78, 5) is 0. The Morgan fingerprint density at radius 2 is 1.79 bits per heavy atom. The van der Waals surface area contributed by atoms with Crippen molar-refractivity contribution in [2.24, 2.45) is 11.8 Å². The zero-order valence-corrected chi connectivity index (χ0v) is 8.25. The summed E-state index contributed by atoms with van der Waals surface area (Å²) >= 11 is 0. The Balaban J connectivity index is 1.86. The summed E-state index contributed by atoms with van der Waals surface area (Å²) in [5.74, 6) is 2.48. The van der Waals surface area contributed by atoms with Crippen LogP contribution >= 0.6 is 0 Å². The molecule has 3 atom stereocenters. The Kier molecular flexibility index (Phi) is 1.86. The van der Waals surface area contributed by atoms with Crippen LogP contribution in [0, 0.1) is 17.7 Å². The second-order valence-electron chi connectivity index (χ2n) is 4.83. The van der Waals surface area contributed by atoms with E-state index in [1.165, 1.54) is 31.2 Å². The van der Waals surface area contributed by atoms with Crippen LogP contribution in [0.25, 0.3) is 0 Å². The normalized spacial score (nSPS) is 35.1. The van der Waals surface area contributed by atoms with Gasteiger partial charge in [0.25, 0.3) is 0 Å². The zero-order chi connectivity index (χ0) is 9.54. The molecule has 14 heavy (non-hydrogen) atoms. The molecular formula is C13H15F. The number of hydrogen-bond donors (Lipinski definition) is 0. The lowest BCUT2D eigenvalue weighted by molar-refractivity contribution is 0.419. The van der Waals surface area contributed by atoms with Crippen molar-refractivity contribution in [3.63, 3.8) is 0 Å². The largest absolute Gasteiger partial charge is 0.207 e. The van der Waals surface area contributed by atoms with Gasteiger partial charge in [0.15, 0.2) is 0 Å². The molecule has 0 N–H and O–H groups in total. The molecule has 1 aromatic rings. The summed E-state index contributed by atoms with van der Waals surface area (Å²) in [5, 5.41) is 0. The predicted octanol–water partition coefficient (Wildman–Crippen LogP) is 3.73. The second-order valence-corrected chi connectivity index (χ2v) is 4.83. The average molecular weight is 190 g/mol. The lowest BCUT2D eigenvalue weighted by Gasteiger charge is -2.21. The third-order valence-corrected chi connectivity index (χ3v) is 4.04. The maximum atomic E-state index is 12.8. The number of fused-ring (bicyclic) bond motifs is 2. The fourth-order valence-electron chi connectivity index (χ4n) is 3.36. The first-order chi connectivity index (χ1) is 6.83. The molecule has 2 saturated carbocycles. The predicted molar refractivity (Wildman–Crippen MR) is 54.6 cm³/mol. The summed E-state index contributed by atoms with van der Waals surface area (Å²) in [7, 11) is 0. The standard InChI is InChI=1S/C13H15F/c14-12-5-3-10(4-6-12)13-8-9-1-2-11(13)7-9/h3-6,9,11,13H,1-2,7-8H2. The summed E-state index contributed by atoms with van der Waals surface area (Å²) in [5.41, 5.74) is 1.36. The van der Waals surface area contributed by atoms with Gasteiger partial charge < -0.3 is 0 Å². The van der Waals surface area contributed by atoms with Gasteiger partial charge >= 0.3 is 0 Å². The van der Waals surface area contributed by atoms with Crippen LogP contribution in [0.2, 0.25) is 0 Å². The molecule has 0 aliphatic heterocycles. The van der Waals surface area contributed by atoms with Gasteiger partial charge in [-0.2, -0.15) is 0 Å². The van der Waals surface area contributed by atoms with Gasteiger partial charge in [0, 0.05) is 0 Å². The number of rotatable bonds is 1. The molecule has 0 nitrogen and oxygen atoms in total. The van der Waals surface area contributed by atoms with Crippen molar-refractivity contribution in [1.82, 2.24) is 0 Å². The second kappa shape index (κ2) is 3.08. The highest BCUT2D eigenvalue weighted by atomic mass is 19.1. The molecule has 1 heteroatoms. The molecule has 0 spiro atoms. The minimum Gasteiger partial charge on any atom is -0.207 e. The average Bonchev–Trinajstić information content (AvgIpc) is 2.80. The van der Waals surface area contributed by atoms with E-state index in [9.17, 15) is 4.39 Å². The Labute approximate surface area is 84.1 Å². The molecule has 2 aliphatic rings. The van der Waals surface area contributed by atoms with Crippen LogP contribution < -0.4 is 0 Å². The van der Waals surface area contributed by atoms with E-state index in [4.69, 9.17) is 0 Å². The number of halogens is 1. The van der Waals surface area contributed by atoms with E-state index in [0.29, 0.717) is 0 Å². The zero-order valence-electron chi connectivity index (χ0n) is 8.25. The first-order valence-electron chi connectivity index (χ1n) is 5.58. The highest BCUT2D eigenvalue weighted by molar-refractivity contribution is 5.23. The van der Waals surface area contributed by atoms with E-state index in [1.807, 2.05) is 12.1 Å². The van der Waals surface area contributed by atoms with E-state index in [0.717, 1.165) is 17.8 Å². The number of benzene rings is 1. The fourth-order valence-corrected chi connectivity index (χ4v) is 3.36.